The zero-order valence-electron chi connectivity index (χ0n) is 8.79. The van der Waals surface area contributed by atoms with Gasteiger partial charge in [0.25, 0.3) is 0 Å². The average Bonchev–Trinajstić information content (AvgIpc) is 2.12. The number of nitrogens with zero attached hydrogens (tertiary/aromatic N) is 1. The summed E-state index contributed by atoms with van der Waals surface area (Å²) in [6.07, 6.45) is 0. The van der Waals surface area contributed by atoms with Crippen molar-refractivity contribution in [2.24, 2.45) is 0 Å². The molecule has 1 rings (SSSR count). The molecule has 0 aromatic rings. The summed E-state index contributed by atoms with van der Waals surface area (Å²) in [5.74, 6) is -0.440. The van der Waals surface area contributed by atoms with Crippen LogP contribution in [0.3, 0.4) is 0 Å². The van der Waals surface area contributed by atoms with Crippen molar-refractivity contribution < 1.29 is 14.3 Å². The van der Waals surface area contributed by atoms with Crippen molar-refractivity contribution in [1.29, 1.82) is 0 Å². The Morgan fingerprint density at radius 1 is 1.64 bits per heavy atom. The first kappa shape index (κ1) is 11.0. The maximum absolute atomic E-state index is 11.8. The molecule has 1 heterocycles. The Bertz CT molecular complexity index is 250. The van der Waals surface area contributed by atoms with E-state index in [0.29, 0.717) is 13.1 Å². The monoisotopic (exact) mass is 200 g/mol. The van der Waals surface area contributed by atoms with Crippen LogP contribution in [-0.2, 0) is 14.3 Å². The van der Waals surface area contributed by atoms with E-state index in [-0.39, 0.29) is 18.4 Å². The third kappa shape index (κ3) is 2.23. The third-order valence-corrected chi connectivity index (χ3v) is 2.32. The van der Waals surface area contributed by atoms with Crippen LogP contribution in [0.5, 0.6) is 0 Å². The minimum atomic E-state index is -0.577. The van der Waals surface area contributed by atoms with Crippen molar-refractivity contribution in [1.82, 2.24) is 10.2 Å². The standard InChI is InChI=1S/C9H16N2O3/c1-9(2)8(13)11(5-4-10-9)6-7(12)14-3/h10H,4-6H2,1-3H3. The number of nitrogens with one attached hydrogen (secondary N) is 1. The van der Waals surface area contributed by atoms with Gasteiger partial charge in [-0.3, -0.25) is 9.59 Å². The van der Waals surface area contributed by atoms with Crippen LogP contribution in [0.4, 0.5) is 0 Å². The van der Waals surface area contributed by atoms with Crippen LogP contribution in [0.1, 0.15) is 13.8 Å². The zero-order chi connectivity index (χ0) is 10.8. The van der Waals surface area contributed by atoms with E-state index in [1.807, 2.05) is 0 Å². The topological polar surface area (TPSA) is 58.6 Å². The molecule has 1 amide bonds. The van der Waals surface area contributed by atoms with Gasteiger partial charge in [0.15, 0.2) is 0 Å². The molecule has 0 aromatic carbocycles. The molecular weight excluding hydrogens is 184 g/mol. The van der Waals surface area contributed by atoms with E-state index in [1.54, 1.807) is 13.8 Å². The molecule has 0 saturated carbocycles. The largest absolute Gasteiger partial charge is 0.468 e. The SMILES string of the molecule is COC(=O)CN1CCNC(C)(C)C1=O. The van der Waals surface area contributed by atoms with Gasteiger partial charge >= 0.3 is 5.97 Å². The lowest BCUT2D eigenvalue weighted by Crippen LogP contribution is -2.62. The summed E-state index contributed by atoms with van der Waals surface area (Å²) >= 11 is 0. The summed E-state index contributed by atoms with van der Waals surface area (Å²) in [6, 6.07) is 0. The van der Waals surface area contributed by atoms with Crippen molar-refractivity contribution in [3.63, 3.8) is 0 Å². The number of ether oxygens (including phenoxy) is 1. The summed E-state index contributed by atoms with van der Waals surface area (Å²) in [4.78, 5) is 24.3. The summed E-state index contributed by atoms with van der Waals surface area (Å²) < 4.78 is 4.52. The van der Waals surface area contributed by atoms with Crippen LogP contribution in [0.2, 0.25) is 0 Å². The first-order valence-corrected chi connectivity index (χ1v) is 4.58. The lowest BCUT2D eigenvalue weighted by molar-refractivity contribution is -0.150. The van der Waals surface area contributed by atoms with E-state index in [1.165, 1.54) is 12.0 Å². The highest BCUT2D eigenvalue weighted by Gasteiger charge is 2.35. The number of rotatable bonds is 2. The highest BCUT2D eigenvalue weighted by Crippen LogP contribution is 2.11. The van der Waals surface area contributed by atoms with Gasteiger partial charge in [-0.15, -0.1) is 0 Å². The molecule has 1 N–H and O–H groups in total. The van der Waals surface area contributed by atoms with Crippen LogP contribution >= 0.6 is 0 Å². The average molecular weight is 200 g/mol. The van der Waals surface area contributed by atoms with Crippen LogP contribution in [0.25, 0.3) is 0 Å². The molecule has 0 atom stereocenters. The zero-order valence-corrected chi connectivity index (χ0v) is 8.79. The molecule has 80 valence electrons. The van der Waals surface area contributed by atoms with Crippen molar-refractivity contribution in [3.05, 3.63) is 0 Å². The van der Waals surface area contributed by atoms with Crippen molar-refractivity contribution in [3.8, 4) is 0 Å². The lowest BCUT2D eigenvalue weighted by Gasteiger charge is -2.37. The van der Waals surface area contributed by atoms with Crippen molar-refractivity contribution in [2.75, 3.05) is 26.7 Å². The van der Waals surface area contributed by atoms with E-state index >= 15 is 0 Å². The van der Waals surface area contributed by atoms with Gasteiger partial charge in [-0.1, -0.05) is 0 Å². The fourth-order valence-corrected chi connectivity index (χ4v) is 1.45. The molecule has 0 spiro atoms. The van der Waals surface area contributed by atoms with E-state index in [0.717, 1.165) is 0 Å². The predicted octanol–water partition coefficient (Wildman–Crippen LogP) is -0.630. The van der Waals surface area contributed by atoms with Crippen LogP contribution < -0.4 is 5.32 Å². The molecule has 0 bridgehead atoms. The van der Waals surface area contributed by atoms with Gasteiger partial charge < -0.3 is 15.0 Å². The van der Waals surface area contributed by atoms with E-state index in [4.69, 9.17) is 0 Å². The molecule has 1 aliphatic heterocycles. The van der Waals surface area contributed by atoms with Crippen LogP contribution in [0.15, 0.2) is 0 Å². The van der Waals surface area contributed by atoms with Gasteiger partial charge in [0.1, 0.15) is 6.54 Å². The second kappa shape index (κ2) is 3.96. The molecule has 5 nitrogen and oxygen atoms in total. The minimum absolute atomic E-state index is 0.0421. The quantitative estimate of drug-likeness (QED) is 0.603. The van der Waals surface area contributed by atoms with Crippen molar-refractivity contribution >= 4 is 11.9 Å². The molecule has 0 aromatic heterocycles. The summed E-state index contributed by atoms with van der Waals surface area (Å²) in [5, 5.41) is 3.09. The number of hydrogen-bond donors (Lipinski definition) is 1. The fourth-order valence-electron chi connectivity index (χ4n) is 1.45. The highest BCUT2D eigenvalue weighted by molar-refractivity contribution is 5.89. The Morgan fingerprint density at radius 2 is 2.29 bits per heavy atom. The summed E-state index contributed by atoms with van der Waals surface area (Å²) in [6.45, 7) is 4.91. The molecule has 14 heavy (non-hydrogen) atoms. The summed E-state index contributed by atoms with van der Waals surface area (Å²) in [7, 11) is 1.32. The summed E-state index contributed by atoms with van der Waals surface area (Å²) in [5.41, 5.74) is -0.577. The van der Waals surface area contributed by atoms with Gasteiger partial charge in [0.2, 0.25) is 5.91 Å². The third-order valence-electron chi connectivity index (χ3n) is 2.32. The number of esters is 1. The first-order chi connectivity index (χ1) is 6.47. The van der Waals surface area contributed by atoms with Gasteiger partial charge in [-0.2, -0.15) is 0 Å². The molecule has 1 saturated heterocycles. The Hall–Kier alpha value is -1.10. The smallest absolute Gasteiger partial charge is 0.325 e. The number of carbonyl (C=O) groups excluding carboxylic acids is 2. The van der Waals surface area contributed by atoms with Crippen LogP contribution in [0, 0.1) is 0 Å². The Balaban J connectivity index is 2.62. The number of piperazine rings is 1. The number of carbonyl (C=O) groups is 2. The maximum Gasteiger partial charge on any atom is 0.325 e. The molecule has 0 radical (unpaired) electrons. The molecule has 0 aliphatic carbocycles. The maximum atomic E-state index is 11.8. The minimum Gasteiger partial charge on any atom is -0.468 e. The second-order valence-corrected chi connectivity index (χ2v) is 3.85. The highest BCUT2D eigenvalue weighted by atomic mass is 16.5. The van der Waals surface area contributed by atoms with E-state index < -0.39 is 5.54 Å². The number of hydrogen-bond acceptors (Lipinski definition) is 4. The molecule has 0 unspecified atom stereocenters. The number of methoxy groups -OCH3 is 1. The normalized spacial score (nSPS) is 20.8. The Morgan fingerprint density at radius 3 is 2.86 bits per heavy atom. The molecule has 1 fully saturated rings. The van der Waals surface area contributed by atoms with Gasteiger partial charge in [-0.25, -0.2) is 0 Å². The van der Waals surface area contributed by atoms with Crippen LogP contribution in [-0.4, -0.2) is 49.1 Å². The second-order valence-electron chi connectivity index (χ2n) is 3.85. The van der Waals surface area contributed by atoms with Crippen molar-refractivity contribution in [2.45, 2.75) is 19.4 Å². The van der Waals surface area contributed by atoms with Gasteiger partial charge in [0.05, 0.1) is 12.6 Å². The van der Waals surface area contributed by atoms with Gasteiger partial charge in [0, 0.05) is 13.1 Å². The lowest BCUT2D eigenvalue weighted by atomic mass is 10.0. The van der Waals surface area contributed by atoms with Gasteiger partial charge in [-0.05, 0) is 13.8 Å². The Labute approximate surface area is 83.4 Å². The molecule has 1 aliphatic rings. The molecular formula is C9H16N2O3. The fraction of sp³-hybridized carbons (Fsp3) is 0.778. The predicted molar refractivity (Wildman–Crippen MR) is 50.7 cm³/mol. The Kier molecular flexibility index (Phi) is 3.10. The molecule has 5 heteroatoms. The van der Waals surface area contributed by atoms with E-state index in [2.05, 4.69) is 10.1 Å². The first-order valence-electron chi connectivity index (χ1n) is 4.58. The number of amides is 1. The van der Waals surface area contributed by atoms with E-state index in [9.17, 15) is 9.59 Å².